The van der Waals surface area contributed by atoms with Crippen molar-refractivity contribution in [2.75, 3.05) is 7.11 Å². The number of H-pyrrole nitrogens is 1. The van der Waals surface area contributed by atoms with E-state index in [0.717, 1.165) is 39.9 Å². The van der Waals surface area contributed by atoms with Gasteiger partial charge in [0, 0.05) is 28.2 Å². The maximum atomic E-state index is 5.95. The van der Waals surface area contributed by atoms with Crippen LogP contribution in [0.15, 0.2) is 65.3 Å². The zero-order valence-electron chi connectivity index (χ0n) is 18.2. The zero-order chi connectivity index (χ0) is 21.0. The van der Waals surface area contributed by atoms with Crippen molar-refractivity contribution in [2.24, 2.45) is 4.99 Å². The lowest BCUT2D eigenvalue weighted by Gasteiger charge is -2.21. The summed E-state index contributed by atoms with van der Waals surface area (Å²) in [7, 11) is 1.67. The monoisotopic (exact) mass is 390 g/mol. The van der Waals surface area contributed by atoms with E-state index in [0.29, 0.717) is 5.90 Å². The molecule has 29 heavy (non-hydrogen) atoms. The molecule has 0 spiro atoms. The maximum absolute atomic E-state index is 5.95. The van der Waals surface area contributed by atoms with E-state index in [1.165, 1.54) is 5.57 Å². The van der Waals surface area contributed by atoms with Crippen LogP contribution < -0.4 is 4.74 Å². The van der Waals surface area contributed by atoms with Crippen molar-refractivity contribution in [3.8, 4) is 5.75 Å². The van der Waals surface area contributed by atoms with Crippen molar-refractivity contribution in [3.63, 3.8) is 0 Å². The van der Waals surface area contributed by atoms with Crippen LogP contribution in [0.25, 0.3) is 16.6 Å². The van der Waals surface area contributed by atoms with Crippen LogP contribution in [-0.4, -0.2) is 23.6 Å². The lowest BCUT2D eigenvalue weighted by molar-refractivity contribution is 0.131. The number of hydrogen-bond acceptors (Lipinski definition) is 3. The van der Waals surface area contributed by atoms with Crippen LogP contribution in [0.1, 0.15) is 52.2 Å². The van der Waals surface area contributed by atoms with Gasteiger partial charge in [0.25, 0.3) is 0 Å². The SMILES string of the molecule is CCC(C)=C(N=C(OC)c1ccc2[nH]ccc2c1)c1ccc(OC(C)(C)C)cc1. The molecule has 152 valence electrons. The fraction of sp³-hybridized carbons (Fsp3) is 0.320. The summed E-state index contributed by atoms with van der Waals surface area (Å²) in [6, 6.07) is 16.3. The van der Waals surface area contributed by atoms with Gasteiger partial charge in [-0.25, -0.2) is 4.99 Å². The minimum absolute atomic E-state index is 0.224. The van der Waals surface area contributed by atoms with Gasteiger partial charge in [-0.2, -0.15) is 0 Å². The molecule has 2 aromatic carbocycles. The summed E-state index contributed by atoms with van der Waals surface area (Å²) < 4.78 is 11.6. The highest BCUT2D eigenvalue weighted by Gasteiger charge is 2.13. The van der Waals surface area contributed by atoms with Gasteiger partial charge >= 0.3 is 0 Å². The number of nitrogens with one attached hydrogen (secondary N) is 1. The van der Waals surface area contributed by atoms with E-state index in [9.17, 15) is 0 Å². The molecule has 3 aromatic rings. The Kier molecular flexibility index (Phi) is 6.12. The van der Waals surface area contributed by atoms with Crippen molar-refractivity contribution in [2.45, 2.75) is 46.6 Å². The smallest absolute Gasteiger partial charge is 0.221 e. The number of aromatic amines is 1. The first kappa shape index (κ1) is 20.7. The molecule has 0 atom stereocenters. The van der Waals surface area contributed by atoms with Crippen molar-refractivity contribution in [3.05, 3.63) is 71.4 Å². The fourth-order valence-corrected chi connectivity index (χ4v) is 3.12. The quantitative estimate of drug-likeness (QED) is 0.395. The molecule has 0 fully saturated rings. The van der Waals surface area contributed by atoms with Crippen LogP contribution >= 0.6 is 0 Å². The summed E-state index contributed by atoms with van der Waals surface area (Å²) in [5, 5.41) is 1.13. The van der Waals surface area contributed by atoms with Crippen molar-refractivity contribution < 1.29 is 9.47 Å². The Morgan fingerprint density at radius 1 is 1.00 bits per heavy atom. The number of allylic oxidation sites excluding steroid dienone is 1. The Hall–Kier alpha value is -3.01. The van der Waals surface area contributed by atoms with Gasteiger partial charge in [0.2, 0.25) is 5.90 Å². The average molecular weight is 391 g/mol. The van der Waals surface area contributed by atoms with Crippen LogP contribution in [0, 0.1) is 0 Å². The number of rotatable bonds is 5. The van der Waals surface area contributed by atoms with Gasteiger partial charge in [-0.3, -0.25) is 0 Å². The number of nitrogens with zero attached hydrogens (tertiary/aromatic N) is 1. The Bertz CT molecular complexity index is 1030. The average Bonchev–Trinajstić information content (AvgIpc) is 3.16. The third kappa shape index (κ3) is 5.08. The Balaban J connectivity index is 1.99. The first-order valence-electron chi connectivity index (χ1n) is 10.00. The molecule has 4 heteroatoms. The highest BCUT2D eigenvalue weighted by molar-refractivity contribution is 6.00. The van der Waals surface area contributed by atoms with E-state index in [1.807, 2.05) is 57.3 Å². The van der Waals surface area contributed by atoms with Gasteiger partial charge in [0.05, 0.1) is 12.8 Å². The van der Waals surface area contributed by atoms with E-state index < -0.39 is 0 Å². The number of hydrogen-bond donors (Lipinski definition) is 1. The molecule has 1 aromatic heterocycles. The fourth-order valence-electron chi connectivity index (χ4n) is 3.12. The van der Waals surface area contributed by atoms with Crippen LogP contribution in [0.4, 0.5) is 0 Å². The van der Waals surface area contributed by atoms with Gasteiger partial charge in [-0.1, -0.05) is 6.92 Å². The first-order chi connectivity index (χ1) is 13.8. The zero-order valence-corrected chi connectivity index (χ0v) is 18.2. The standard InChI is InChI=1S/C25H30N2O2/c1-7-17(2)23(18-8-11-21(12-9-18)29-25(3,4)5)27-24(28-6)20-10-13-22-19(16-20)14-15-26-22/h8-16,26H,7H2,1-6H3. The summed E-state index contributed by atoms with van der Waals surface area (Å²) in [6.07, 6.45) is 2.85. The first-order valence-corrected chi connectivity index (χ1v) is 10.00. The van der Waals surface area contributed by atoms with Gasteiger partial charge < -0.3 is 14.5 Å². The van der Waals surface area contributed by atoms with E-state index in [2.05, 4.69) is 37.0 Å². The van der Waals surface area contributed by atoms with E-state index in [-0.39, 0.29) is 5.60 Å². The largest absolute Gasteiger partial charge is 0.488 e. The third-order valence-electron chi connectivity index (χ3n) is 4.69. The Morgan fingerprint density at radius 3 is 2.31 bits per heavy atom. The second-order valence-electron chi connectivity index (χ2n) is 8.12. The summed E-state index contributed by atoms with van der Waals surface area (Å²) in [5.41, 5.74) is 5.00. The minimum atomic E-state index is -0.224. The van der Waals surface area contributed by atoms with Gasteiger partial charge in [-0.15, -0.1) is 0 Å². The molecule has 0 amide bonds. The van der Waals surface area contributed by atoms with Crippen molar-refractivity contribution in [1.82, 2.24) is 4.98 Å². The second-order valence-corrected chi connectivity index (χ2v) is 8.12. The highest BCUT2D eigenvalue weighted by atomic mass is 16.5. The molecule has 0 bridgehead atoms. The summed E-state index contributed by atoms with van der Waals surface area (Å²) in [4.78, 5) is 8.14. The molecular formula is C25H30N2O2. The summed E-state index contributed by atoms with van der Waals surface area (Å²) >= 11 is 0. The van der Waals surface area contributed by atoms with Crippen molar-refractivity contribution in [1.29, 1.82) is 0 Å². The molecule has 0 aliphatic carbocycles. The Labute approximate surface area is 173 Å². The van der Waals surface area contributed by atoms with Gasteiger partial charge in [0.15, 0.2) is 0 Å². The maximum Gasteiger partial charge on any atom is 0.221 e. The van der Waals surface area contributed by atoms with E-state index in [4.69, 9.17) is 14.5 Å². The van der Waals surface area contributed by atoms with E-state index >= 15 is 0 Å². The van der Waals surface area contributed by atoms with Gasteiger partial charge in [-0.05, 0) is 88.2 Å². The lowest BCUT2D eigenvalue weighted by atomic mass is 10.1. The summed E-state index contributed by atoms with van der Waals surface area (Å²) in [6.45, 7) is 10.4. The van der Waals surface area contributed by atoms with Crippen LogP contribution in [-0.2, 0) is 4.74 Å². The number of aromatic nitrogens is 1. The second kappa shape index (κ2) is 8.56. The minimum Gasteiger partial charge on any atom is -0.488 e. The molecule has 0 aliphatic rings. The molecule has 0 unspecified atom stereocenters. The topological polar surface area (TPSA) is 46.6 Å². The number of benzene rings is 2. The summed E-state index contributed by atoms with van der Waals surface area (Å²) in [5.74, 6) is 1.45. The number of aliphatic imine (C=N–C) groups is 1. The van der Waals surface area contributed by atoms with Crippen LogP contribution in [0.3, 0.4) is 0 Å². The van der Waals surface area contributed by atoms with Crippen molar-refractivity contribution >= 4 is 22.5 Å². The number of ether oxygens (including phenoxy) is 2. The third-order valence-corrected chi connectivity index (χ3v) is 4.69. The molecule has 0 aliphatic heterocycles. The molecule has 3 rings (SSSR count). The Morgan fingerprint density at radius 2 is 1.69 bits per heavy atom. The molecule has 1 heterocycles. The normalized spacial score (nSPS) is 13.4. The molecule has 4 nitrogen and oxygen atoms in total. The molecule has 1 N–H and O–H groups in total. The molecular weight excluding hydrogens is 360 g/mol. The highest BCUT2D eigenvalue weighted by Crippen LogP contribution is 2.27. The number of fused-ring (bicyclic) bond motifs is 1. The predicted octanol–water partition coefficient (Wildman–Crippen LogP) is 6.58. The molecule has 0 saturated carbocycles. The predicted molar refractivity (Wildman–Crippen MR) is 122 cm³/mol. The molecule has 0 saturated heterocycles. The molecule has 0 radical (unpaired) electrons. The van der Waals surface area contributed by atoms with Gasteiger partial charge in [0.1, 0.15) is 11.4 Å². The lowest BCUT2D eigenvalue weighted by Crippen LogP contribution is -2.22. The van der Waals surface area contributed by atoms with E-state index in [1.54, 1.807) is 7.11 Å². The van der Waals surface area contributed by atoms with Crippen LogP contribution in [0.2, 0.25) is 0 Å². The number of methoxy groups -OCH3 is 1. The van der Waals surface area contributed by atoms with Crippen LogP contribution in [0.5, 0.6) is 5.75 Å².